The number of amides is 1. The van der Waals surface area contributed by atoms with Crippen LogP contribution in [0.4, 0.5) is 0 Å². The highest BCUT2D eigenvalue weighted by Crippen LogP contribution is 2.31. The molecule has 0 aromatic heterocycles. The first-order valence-corrected chi connectivity index (χ1v) is 8.35. The van der Waals surface area contributed by atoms with Crippen LogP contribution in [0, 0.1) is 0 Å². The molecule has 2 aromatic carbocycles. The highest BCUT2D eigenvalue weighted by molar-refractivity contribution is 6.32. The van der Waals surface area contributed by atoms with Crippen LogP contribution in [-0.2, 0) is 4.79 Å². The molecule has 0 radical (unpaired) electrons. The Morgan fingerprint density at radius 2 is 1.80 bits per heavy atom. The lowest BCUT2D eigenvalue weighted by Crippen LogP contribution is -2.32. The van der Waals surface area contributed by atoms with E-state index in [1.807, 2.05) is 25.1 Å². The number of nitrogens with one attached hydrogen (secondary N) is 1. The highest BCUT2D eigenvalue weighted by Gasteiger charge is 2.16. The summed E-state index contributed by atoms with van der Waals surface area (Å²) >= 11 is 6.02. The Hall–Kier alpha value is -2.40. The van der Waals surface area contributed by atoms with Gasteiger partial charge in [-0.2, -0.15) is 0 Å². The van der Waals surface area contributed by atoms with Crippen molar-refractivity contribution in [2.75, 3.05) is 20.8 Å². The molecule has 0 saturated heterocycles. The second-order valence-corrected chi connectivity index (χ2v) is 5.77. The van der Waals surface area contributed by atoms with E-state index in [0.717, 1.165) is 12.0 Å². The predicted octanol–water partition coefficient (Wildman–Crippen LogP) is 4.00. The van der Waals surface area contributed by atoms with E-state index in [1.54, 1.807) is 38.5 Å². The van der Waals surface area contributed by atoms with Crippen LogP contribution >= 0.6 is 11.6 Å². The molecule has 25 heavy (non-hydrogen) atoms. The average Bonchev–Trinajstić information content (AvgIpc) is 2.64. The van der Waals surface area contributed by atoms with Gasteiger partial charge in [-0.05, 0) is 36.2 Å². The van der Waals surface area contributed by atoms with Crippen molar-refractivity contribution >= 4 is 17.5 Å². The summed E-state index contributed by atoms with van der Waals surface area (Å²) in [6.45, 7) is 1.89. The van der Waals surface area contributed by atoms with Crippen LogP contribution < -0.4 is 19.5 Å². The number of halogens is 1. The Morgan fingerprint density at radius 1 is 1.08 bits per heavy atom. The van der Waals surface area contributed by atoms with Gasteiger partial charge in [0.25, 0.3) is 5.91 Å². The van der Waals surface area contributed by atoms with Gasteiger partial charge in [0.2, 0.25) is 0 Å². The van der Waals surface area contributed by atoms with E-state index in [2.05, 4.69) is 5.32 Å². The molecule has 1 N–H and O–H groups in total. The van der Waals surface area contributed by atoms with Gasteiger partial charge in [0.1, 0.15) is 5.75 Å². The Balaban J connectivity index is 2.01. The molecule has 0 aliphatic rings. The number of ether oxygens (including phenoxy) is 3. The molecular weight excluding hydrogens is 342 g/mol. The summed E-state index contributed by atoms with van der Waals surface area (Å²) in [5, 5.41) is 3.43. The molecule has 0 aliphatic carbocycles. The van der Waals surface area contributed by atoms with Crippen LogP contribution in [0.15, 0.2) is 42.5 Å². The highest BCUT2D eigenvalue weighted by atomic mass is 35.5. The molecule has 0 saturated carbocycles. The van der Waals surface area contributed by atoms with Crippen molar-refractivity contribution in [2.24, 2.45) is 0 Å². The summed E-state index contributed by atoms with van der Waals surface area (Å²) in [5.41, 5.74) is 0.936. The second kappa shape index (κ2) is 9.18. The van der Waals surface area contributed by atoms with Gasteiger partial charge in [0.15, 0.2) is 18.1 Å². The summed E-state index contributed by atoms with van der Waals surface area (Å²) in [5.74, 6) is 1.54. The van der Waals surface area contributed by atoms with E-state index in [0.29, 0.717) is 22.3 Å². The normalized spacial score (nSPS) is 11.5. The molecule has 1 atom stereocenters. The van der Waals surface area contributed by atoms with Crippen LogP contribution in [0.1, 0.15) is 24.9 Å². The smallest absolute Gasteiger partial charge is 0.258 e. The van der Waals surface area contributed by atoms with Crippen LogP contribution in [0.3, 0.4) is 0 Å². The molecule has 2 rings (SSSR count). The number of benzene rings is 2. The van der Waals surface area contributed by atoms with Gasteiger partial charge < -0.3 is 19.5 Å². The van der Waals surface area contributed by atoms with Gasteiger partial charge in [0.05, 0.1) is 25.3 Å². The van der Waals surface area contributed by atoms with Crippen LogP contribution in [0.5, 0.6) is 17.2 Å². The van der Waals surface area contributed by atoms with Crippen molar-refractivity contribution in [2.45, 2.75) is 19.4 Å². The van der Waals surface area contributed by atoms with Gasteiger partial charge in [-0.1, -0.05) is 36.7 Å². The molecule has 6 heteroatoms. The lowest BCUT2D eigenvalue weighted by molar-refractivity contribution is -0.123. The quantitative estimate of drug-likeness (QED) is 0.770. The summed E-state index contributed by atoms with van der Waals surface area (Å²) in [4.78, 5) is 12.2. The van der Waals surface area contributed by atoms with Gasteiger partial charge in [0, 0.05) is 0 Å². The minimum atomic E-state index is -0.221. The third-order valence-electron chi connectivity index (χ3n) is 3.75. The van der Waals surface area contributed by atoms with Gasteiger partial charge in [-0.15, -0.1) is 0 Å². The van der Waals surface area contributed by atoms with Crippen molar-refractivity contribution in [1.29, 1.82) is 0 Å². The van der Waals surface area contributed by atoms with Crippen LogP contribution in [0.25, 0.3) is 0 Å². The number of para-hydroxylation sites is 1. The number of carbonyl (C=O) groups is 1. The zero-order valence-electron chi connectivity index (χ0n) is 14.5. The fourth-order valence-corrected chi connectivity index (χ4v) is 2.62. The van der Waals surface area contributed by atoms with Crippen molar-refractivity contribution in [3.63, 3.8) is 0 Å². The van der Waals surface area contributed by atoms with E-state index in [9.17, 15) is 4.79 Å². The lowest BCUT2D eigenvalue weighted by Gasteiger charge is -2.19. The molecule has 134 valence electrons. The average molecular weight is 364 g/mol. The summed E-state index contributed by atoms with van der Waals surface area (Å²) in [6, 6.07) is 12.5. The van der Waals surface area contributed by atoms with Crippen molar-refractivity contribution in [1.82, 2.24) is 5.32 Å². The molecule has 0 bridgehead atoms. The van der Waals surface area contributed by atoms with Gasteiger partial charge in [-0.25, -0.2) is 0 Å². The first-order valence-electron chi connectivity index (χ1n) is 7.97. The SMILES string of the molecule is CCC(NC(=O)COc1ccccc1Cl)c1ccc(OC)c(OC)c1. The van der Waals surface area contributed by atoms with Gasteiger partial charge in [-0.3, -0.25) is 4.79 Å². The van der Waals surface area contributed by atoms with E-state index >= 15 is 0 Å². The maximum absolute atomic E-state index is 12.2. The molecule has 1 unspecified atom stereocenters. The molecular formula is C19H22ClNO4. The number of hydrogen-bond acceptors (Lipinski definition) is 4. The third kappa shape index (κ3) is 5.03. The molecule has 1 amide bonds. The molecule has 0 heterocycles. The zero-order valence-corrected chi connectivity index (χ0v) is 15.3. The topological polar surface area (TPSA) is 56.8 Å². The Labute approximate surface area is 152 Å². The van der Waals surface area contributed by atoms with Crippen molar-refractivity contribution < 1.29 is 19.0 Å². The Morgan fingerprint density at radius 3 is 2.44 bits per heavy atom. The van der Waals surface area contributed by atoms with Crippen molar-refractivity contribution in [3.8, 4) is 17.2 Å². The number of methoxy groups -OCH3 is 2. The predicted molar refractivity (Wildman–Crippen MR) is 97.7 cm³/mol. The summed E-state index contributed by atoms with van der Waals surface area (Å²) < 4.78 is 16.0. The molecule has 0 fully saturated rings. The van der Waals surface area contributed by atoms with E-state index < -0.39 is 0 Å². The van der Waals surface area contributed by atoms with Crippen molar-refractivity contribution in [3.05, 3.63) is 53.1 Å². The fraction of sp³-hybridized carbons (Fsp3) is 0.316. The summed E-state index contributed by atoms with van der Waals surface area (Å²) in [6.07, 6.45) is 0.729. The fourth-order valence-electron chi connectivity index (χ4n) is 2.43. The minimum absolute atomic E-state index is 0.104. The molecule has 0 spiro atoms. The van der Waals surface area contributed by atoms with E-state index in [4.69, 9.17) is 25.8 Å². The Bertz CT molecular complexity index is 720. The first kappa shape index (κ1) is 18.9. The van der Waals surface area contributed by atoms with E-state index in [1.165, 1.54) is 0 Å². The maximum Gasteiger partial charge on any atom is 0.258 e. The maximum atomic E-state index is 12.2. The lowest BCUT2D eigenvalue weighted by atomic mass is 10.0. The third-order valence-corrected chi connectivity index (χ3v) is 4.06. The summed E-state index contributed by atoms with van der Waals surface area (Å²) in [7, 11) is 3.17. The minimum Gasteiger partial charge on any atom is -0.493 e. The molecule has 5 nitrogen and oxygen atoms in total. The van der Waals surface area contributed by atoms with Crippen LogP contribution in [-0.4, -0.2) is 26.7 Å². The molecule has 0 aliphatic heterocycles. The Kier molecular flexibility index (Phi) is 6.95. The number of carbonyl (C=O) groups excluding carboxylic acids is 1. The number of rotatable bonds is 8. The zero-order chi connectivity index (χ0) is 18.2. The van der Waals surface area contributed by atoms with Crippen LogP contribution in [0.2, 0.25) is 5.02 Å². The second-order valence-electron chi connectivity index (χ2n) is 5.36. The largest absolute Gasteiger partial charge is 0.493 e. The standard InChI is InChI=1S/C19H22ClNO4/c1-4-15(13-9-10-17(23-2)18(11-13)24-3)21-19(22)12-25-16-8-6-5-7-14(16)20/h5-11,15H,4,12H2,1-3H3,(H,21,22). The molecule has 2 aromatic rings. The monoisotopic (exact) mass is 363 g/mol. The van der Waals surface area contributed by atoms with Gasteiger partial charge >= 0.3 is 0 Å². The van der Waals surface area contributed by atoms with E-state index in [-0.39, 0.29) is 18.6 Å². The number of hydrogen-bond donors (Lipinski definition) is 1. The first-order chi connectivity index (χ1) is 12.1.